The number of para-hydroxylation sites is 2. The molecule has 41 heavy (non-hydrogen) atoms. The number of benzene rings is 5. The number of fused-ring (bicyclic) bond motifs is 2. The van der Waals surface area contributed by atoms with Gasteiger partial charge in [0, 0.05) is 22.0 Å². The number of pyridine rings is 1. The molecule has 0 aliphatic rings. The van der Waals surface area contributed by atoms with Gasteiger partial charge in [-0.05, 0) is 65.7 Å². The monoisotopic (exact) mass is 536 g/mol. The van der Waals surface area contributed by atoms with Gasteiger partial charge in [-0.25, -0.2) is 4.98 Å². The molecular weight excluding hydrogens is 508 g/mol. The summed E-state index contributed by atoms with van der Waals surface area (Å²) in [5, 5.41) is 5.64. The minimum absolute atomic E-state index is 0.0836. The molecule has 1 aromatic heterocycles. The van der Waals surface area contributed by atoms with Crippen molar-refractivity contribution in [3.05, 3.63) is 144 Å². The second kappa shape index (κ2) is 11.8. The van der Waals surface area contributed by atoms with E-state index in [9.17, 15) is 4.79 Å². The lowest BCUT2D eigenvalue weighted by molar-refractivity contribution is 0.104. The number of hydrogen-bond donors (Lipinski definition) is 1. The van der Waals surface area contributed by atoms with Gasteiger partial charge in [-0.2, -0.15) is 0 Å². The first-order valence-corrected chi connectivity index (χ1v) is 13.4. The Morgan fingerprint density at radius 1 is 0.756 bits per heavy atom. The van der Waals surface area contributed by atoms with Crippen LogP contribution in [0.5, 0.6) is 11.5 Å². The fraction of sp³-hybridized carbons (Fsp3) is 0.0556. The number of aromatic nitrogens is 1. The van der Waals surface area contributed by atoms with E-state index in [2.05, 4.69) is 17.4 Å². The maximum absolute atomic E-state index is 12.9. The third-order valence-corrected chi connectivity index (χ3v) is 6.88. The predicted molar refractivity (Wildman–Crippen MR) is 166 cm³/mol. The van der Waals surface area contributed by atoms with E-state index in [1.165, 1.54) is 0 Å². The Hall–Kier alpha value is -5.42. The molecular formula is C36H28N2O3. The molecule has 0 amide bonds. The van der Waals surface area contributed by atoms with Crippen molar-refractivity contribution < 1.29 is 14.3 Å². The molecule has 1 heterocycles. The van der Waals surface area contributed by atoms with E-state index in [0.29, 0.717) is 23.7 Å². The highest BCUT2D eigenvalue weighted by atomic mass is 16.5. The lowest BCUT2D eigenvalue weighted by atomic mass is 10.1. The van der Waals surface area contributed by atoms with Crippen LogP contribution in [0.1, 0.15) is 21.5 Å². The Morgan fingerprint density at radius 3 is 2.10 bits per heavy atom. The zero-order chi connectivity index (χ0) is 28.0. The summed E-state index contributed by atoms with van der Waals surface area (Å²) in [6.07, 6.45) is 3.36. The summed E-state index contributed by atoms with van der Waals surface area (Å²) in [5.41, 5.74) is 6.27. The highest BCUT2D eigenvalue weighted by molar-refractivity contribution is 6.09. The first-order valence-electron chi connectivity index (χ1n) is 13.4. The fourth-order valence-corrected chi connectivity index (χ4v) is 4.75. The van der Waals surface area contributed by atoms with Gasteiger partial charge in [0.2, 0.25) is 0 Å². The van der Waals surface area contributed by atoms with Crippen molar-refractivity contribution in [3.8, 4) is 11.5 Å². The van der Waals surface area contributed by atoms with E-state index < -0.39 is 0 Å². The molecule has 5 aromatic carbocycles. The van der Waals surface area contributed by atoms with Crippen LogP contribution >= 0.6 is 0 Å². The van der Waals surface area contributed by atoms with Crippen LogP contribution in [0.3, 0.4) is 0 Å². The number of anilines is 2. The largest absolute Gasteiger partial charge is 0.493 e. The molecule has 0 saturated carbocycles. The number of nitrogens with one attached hydrogen (secondary N) is 1. The molecule has 6 rings (SSSR count). The second-order valence-corrected chi connectivity index (χ2v) is 9.61. The van der Waals surface area contributed by atoms with Gasteiger partial charge in [0.25, 0.3) is 0 Å². The number of carbonyl (C=O) groups is 1. The lowest BCUT2D eigenvalue weighted by Gasteiger charge is -2.13. The Balaban J connectivity index is 1.16. The molecule has 0 unspecified atom stereocenters. The van der Waals surface area contributed by atoms with E-state index in [1.807, 2.05) is 109 Å². The number of carbonyl (C=O) groups excluding carboxylic acids is 1. The van der Waals surface area contributed by atoms with Crippen LogP contribution < -0.4 is 14.8 Å². The zero-order valence-electron chi connectivity index (χ0n) is 22.6. The van der Waals surface area contributed by atoms with Crippen molar-refractivity contribution >= 4 is 45.0 Å². The Bertz CT molecular complexity index is 1810. The molecule has 5 heteroatoms. The minimum atomic E-state index is -0.0836. The normalized spacial score (nSPS) is 11.1. The van der Waals surface area contributed by atoms with Crippen LogP contribution in [0.4, 0.5) is 11.4 Å². The summed E-state index contributed by atoms with van der Waals surface area (Å²) in [5.74, 6) is 1.18. The SMILES string of the molecule is COc1cc(/C=C/C(=O)c2ccc(Nc3c4ccccc4nc4ccccc34)cc2)ccc1OCc1ccccc1. The Kier molecular flexibility index (Phi) is 7.41. The Labute approximate surface area is 238 Å². The standard InChI is InChI=1S/C36H28N2O3/c1-40-35-23-25(16-22-34(35)41-24-26-9-3-2-4-10-26)15-21-33(39)27-17-19-28(20-18-27)37-36-29-11-5-7-13-31(29)38-32-14-8-6-12-30(32)36/h2-23H,24H2,1H3,(H,37,38)/b21-15+. The van der Waals surface area contributed by atoms with Crippen molar-refractivity contribution in [2.75, 3.05) is 12.4 Å². The van der Waals surface area contributed by atoms with Gasteiger partial charge in [-0.1, -0.05) is 78.9 Å². The third kappa shape index (κ3) is 5.80. The average Bonchev–Trinajstić information content (AvgIpc) is 3.03. The highest BCUT2D eigenvalue weighted by Crippen LogP contribution is 2.33. The van der Waals surface area contributed by atoms with Gasteiger partial charge in [-0.15, -0.1) is 0 Å². The van der Waals surface area contributed by atoms with Crippen LogP contribution in [0.2, 0.25) is 0 Å². The maximum Gasteiger partial charge on any atom is 0.185 e. The first kappa shape index (κ1) is 25.8. The molecule has 0 bridgehead atoms. The van der Waals surface area contributed by atoms with Gasteiger partial charge in [0.05, 0.1) is 23.8 Å². The number of ketones is 1. The molecule has 1 N–H and O–H groups in total. The molecule has 0 spiro atoms. The molecule has 0 saturated heterocycles. The van der Waals surface area contributed by atoms with E-state index in [4.69, 9.17) is 14.5 Å². The van der Waals surface area contributed by atoms with Gasteiger partial charge in [0.15, 0.2) is 17.3 Å². The summed E-state index contributed by atoms with van der Waals surface area (Å²) in [7, 11) is 1.61. The number of rotatable bonds is 9. The molecule has 200 valence electrons. The summed E-state index contributed by atoms with van der Waals surface area (Å²) < 4.78 is 11.5. The van der Waals surface area contributed by atoms with Crippen molar-refractivity contribution in [1.82, 2.24) is 4.98 Å². The van der Waals surface area contributed by atoms with Gasteiger partial charge in [-0.3, -0.25) is 4.79 Å². The van der Waals surface area contributed by atoms with E-state index in [-0.39, 0.29) is 5.78 Å². The van der Waals surface area contributed by atoms with Crippen molar-refractivity contribution in [1.29, 1.82) is 0 Å². The van der Waals surface area contributed by atoms with E-state index >= 15 is 0 Å². The number of allylic oxidation sites excluding steroid dienone is 1. The summed E-state index contributed by atoms with van der Waals surface area (Å²) in [6, 6.07) is 39.3. The predicted octanol–water partition coefficient (Wildman–Crippen LogP) is 8.62. The van der Waals surface area contributed by atoms with Crippen molar-refractivity contribution in [3.63, 3.8) is 0 Å². The zero-order valence-corrected chi connectivity index (χ0v) is 22.6. The van der Waals surface area contributed by atoms with E-state index in [1.54, 1.807) is 19.3 Å². The maximum atomic E-state index is 12.9. The smallest absolute Gasteiger partial charge is 0.185 e. The molecule has 0 radical (unpaired) electrons. The first-order chi connectivity index (χ1) is 20.2. The van der Waals surface area contributed by atoms with E-state index in [0.717, 1.165) is 44.3 Å². The summed E-state index contributed by atoms with van der Waals surface area (Å²) in [4.78, 5) is 17.7. The second-order valence-electron chi connectivity index (χ2n) is 9.61. The molecule has 0 atom stereocenters. The van der Waals surface area contributed by atoms with Gasteiger partial charge in [0.1, 0.15) is 6.61 Å². The minimum Gasteiger partial charge on any atom is -0.493 e. The average molecular weight is 537 g/mol. The third-order valence-electron chi connectivity index (χ3n) is 6.88. The fourth-order valence-electron chi connectivity index (χ4n) is 4.75. The quantitative estimate of drug-likeness (QED) is 0.114. The van der Waals surface area contributed by atoms with Crippen LogP contribution in [0.15, 0.2) is 127 Å². The summed E-state index contributed by atoms with van der Waals surface area (Å²) in [6.45, 7) is 0.448. The Morgan fingerprint density at radius 2 is 1.41 bits per heavy atom. The molecule has 6 aromatic rings. The number of nitrogens with zero attached hydrogens (tertiary/aromatic N) is 1. The number of hydrogen-bond acceptors (Lipinski definition) is 5. The molecule has 5 nitrogen and oxygen atoms in total. The van der Waals surface area contributed by atoms with Crippen LogP contribution in [0, 0.1) is 0 Å². The highest BCUT2D eigenvalue weighted by Gasteiger charge is 2.10. The van der Waals surface area contributed by atoms with Crippen LogP contribution in [-0.2, 0) is 6.61 Å². The van der Waals surface area contributed by atoms with Gasteiger partial charge >= 0.3 is 0 Å². The van der Waals surface area contributed by atoms with Crippen LogP contribution in [-0.4, -0.2) is 17.9 Å². The van der Waals surface area contributed by atoms with Gasteiger partial charge < -0.3 is 14.8 Å². The number of ether oxygens (including phenoxy) is 2. The topological polar surface area (TPSA) is 60.5 Å². The summed E-state index contributed by atoms with van der Waals surface area (Å²) >= 11 is 0. The lowest BCUT2D eigenvalue weighted by Crippen LogP contribution is -1.98. The van der Waals surface area contributed by atoms with Crippen molar-refractivity contribution in [2.45, 2.75) is 6.61 Å². The van der Waals surface area contributed by atoms with Crippen molar-refractivity contribution in [2.24, 2.45) is 0 Å². The molecule has 0 fully saturated rings. The number of methoxy groups -OCH3 is 1. The molecule has 0 aliphatic carbocycles. The van der Waals surface area contributed by atoms with Crippen LogP contribution in [0.25, 0.3) is 27.9 Å². The molecule has 0 aliphatic heterocycles.